The molecule has 21 nitrogen and oxygen atoms in total. The largest absolute Gasteiger partial charge is 0.481 e. The lowest BCUT2D eigenvalue weighted by atomic mass is 9.76. The Morgan fingerprint density at radius 3 is 1.62 bits per heavy atom. The van der Waals surface area contributed by atoms with Gasteiger partial charge in [0.15, 0.2) is 5.71 Å². The van der Waals surface area contributed by atoms with E-state index in [9.17, 15) is 61.8 Å². The minimum Gasteiger partial charge on any atom is -0.481 e. The average molecular weight is 1110 g/mol. The van der Waals surface area contributed by atoms with E-state index >= 15 is 0 Å². The fourth-order valence-electron chi connectivity index (χ4n) is 9.83. The van der Waals surface area contributed by atoms with Gasteiger partial charge in [-0.15, -0.1) is 0 Å². The molecule has 5 N–H and O–H groups in total. The summed E-state index contributed by atoms with van der Waals surface area (Å²) >= 11 is 0. The Balaban J connectivity index is 1.44. The summed E-state index contributed by atoms with van der Waals surface area (Å²) in [4.78, 5) is 10.4. The maximum Gasteiger partial charge on any atom is 0.303 e. The molecular formula is C49H63N2O19S4+. The summed E-state index contributed by atoms with van der Waals surface area (Å²) in [6.45, 7) is 10.9. The Bertz CT molecular complexity index is 3330. The number of hydrogen-bond donors (Lipinski definition) is 5. The van der Waals surface area contributed by atoms with Crippen molar-refractivity contribution in [2.45, 2.75) is 90.2 Å². The van der Waals surface area contributed by atoms with Crippen molar-refractivity contribution in [2.75, 3.05) is 84.6 Å². The number of rotatable bonds is 28. The molecule has 0 saturated carbocycles. The molecule has 1 unspecified atom stereocenters. The maximum absolute atomic E-state index is 12.9. The van der Waals surface area contributed by atoms with E-state index in [0.29, 0.717) is 111 Å². The Morgan fingerprint density at radius 1 is 0.635 bits per heavy atom. The fourth-order valence-corrected chi connectivity index (χ4v) is 12.5. The van der Waals surface area contributed by atoms with Crippen LogP contribution in [0.5, 0.6) is 0 Å². The number of carboxylic acid groups (broad SMARTS) is 1. The lowest BCUT2D eigenvalue weighted by Gasteiger charge is -2.31. The molecule has 2 heterocycles. The quantitative estimate of drug-likeness (QED) is 0.0235. The van der Waals surface area contributed by atoms with Gasteiger partial charge in [-0.25, -0.2) is 0 Å². The van der Waals surface area contributed by atoms with Gasteiger partial charge < -0.3 is 33.7 Å². The van der Waals surface area contributed by atoms with Crippen LogP contribution in [0.1, 0.15) is 70.9 Å². The molecule has 6 rings (SSSR count). The summed E-state index contributed by atoms with van der Waals surface area (Å²) in [7, 11) is -18.5. The molecular weight excluding hydrogens is 1050 g/mol. The number of fused-ring (bicyclic) bond motifs is 6. The highest BCUT2D eigenvalue weighted by Gasteiger charge is 2.47. The minimum atomic E-state index is -5.08. The van der Waals surface area contributed by atoms with Crippen LogP contribution in [-0.2, 0) is 79.8 Å². The zero-order valence-electron chi connectivity index (χ0n) is 41.6. The molecule has 0 bridgehead atoms. The number of carbonyl (C=O) groups is 1. The van der Waals surface area contributed by atoms with Crippen LogP contribution in [0.4, 0.5) is 11.4 Å². The zero-order valence-corrected chi connectivity index (χ0v) is 44.9. The number of anilines is 1. The van der Waals surface area contributed by atoms with Gasteiger partial charge in [0.25, 0.3) is 40.5 Å². The molecule has 74 heavy (non-hydrogen) atoms. The summed E-state index contributed by atoms with van der Waals surface area (Å²) in [5.74, 6) is -0.954. The first-order valence-electron chi connectivity index (χ1n) is 23.6. The van der Waals surface area contributed by atoms with Crippen molar-refractivity contribution in [3.63, 3.8) is 0 Å². The number of unbranched alkanes of at least 4 members (excludes halogenated alkanes) is 2. The summed E-state index contributed by atoms with van der Waals surface area (Å²) in [5.41, 5.74) is 1.25. The van der Waals surface area contributed by atoms with Crippen molar-refractivity contribution < 1.29 is 90.0 Å². The van der Waals surface area contributed by atoms with E-state index in [0.717, 1.165) is 12.1 Å². The van der Waals surface area contributed by atoms with Crippen molar-refractivity contribution in [1.82, 2.24) is 0 Å². The topological polar surface area (TPSA) is 307 Å². The lowest BCUT2D eigenvalue weighted by Crippen LogP contribution is -2.31. The SMILES string of the molecule is CC[N+]1=C(C=CC=C2N(CCCCCC(=O)O)c3ccc4c(S(=O)(=O)O)cc(S(=O)(=O)O)cc4c3C2(C)CCOCCOCCOCCOCCOC)C(C)(C)c2c1ccc1c(S(=O)(=O)O)cc(S(=O)(=O)O)cc21. The highest BCUT2D eigenvalue weighted by molar-refractivity contribution is 7.87. The number of allylic oxidation sites excluding steroid dienone is 4. The first-order valence-corrected chi connectivity index (χ1v) is 29.4. The van der Waals surface area contributed by atoms with Gasteiger partial charge >= 0.3 is 5.97 Å². The normalized spacial score (nSPS) is 17.6. The number of carboxylic acids is 1. The number of hydrogen-bond acceptors (Lipinski definition) is 15. The number of benzene rings is 4. The van der Waals surface area contributed by atoms with Crippen LogP contribution in [-0.4, -0.2) is 153 Å². The van der Waals surface area contributed by atoms with Gasteiger partial charge in [-0.05, 0) is 106 Å². The van der Waals surface area contributed by atoms with Crippen LogP contribution in [0, 0.1) is 0 Å². The van der Waals surface area contributed by atoms with Crippen LogP contribution in [0.3, 0.4) is 0 Å². The second-order valence-corrected chi connectivity index (χ2v) is 24.0. The number of nitrogens with zero attached hydrogens (tertiary/aromatic N) is 2. The van der Waals surface area contributed by atoms with Crippen molar-refractivity contribution in [3.8, 4) is 0 Å². The number of aliphatic carboxylic acids is 1. The van der Waals surface area contributed by atoms with Crippen molar-refractivity contribution >= 4 is 85.1 Å². The minimum absolute atomic E-state index is 0.0218. The molecule has 0 spiro atoms. The van der Waals surface area contributed by atoms with Gasteiger partial charge in [-0.1, -0.05) is 18.6 Å². The van der Waals surface area contributed by atoms with Gasteiger partial charge in [0.1, 0.15) is 16.3 Å². The third kappa shape index (κ3) is 13.1. The van der Waals surface area contributed by atoms with E-state index in [1.807, 2.05) is 49.3 Å². The molecule has 25 heteroatoms. The third-order valence-corrected chi connectivity index (χ3v) is 16.6. The second kappa shape index (κ2) is 23.7. The van der Waals surface area contributed by atoms with Gasteiger partial charge in [-0.3, -0.25) is 23.0 Å². The highest BCUT2D eigenvalue weighted by Crippen LogP contribution is 2.54. The van der Waals surface area contributed by atoms with E-state index in [4.69, 9.17) is 23.7 Å². The molecule has 2 aliphatic heterocycles. The summed E-state index contributed by atoms with van der Waals surface area (Å²) in [6, 6.07) is 9.90. The molecule has 2 aliphatic rings. The Kier molecular flexibility index (Phi) is 18.7. The molecule has 0 radical (unpaired) electrons. The third-order valence-electron chi connectivity index (χ3n) is 13.2. The summed E-state index contributed by atoms with van der Waals surface area (Å²) in [6.07, 6.45) is 6.92. The predicted octanol–water partition coefficient (Wildman–Crippen LogP) is 6.34. The van der Waals surface area contributed by atoms with Gasteiger partial charge in [0.05, 0.1) is 68.1 Å². The van der Waals surface area contributed by atoms with Crippen molar-refractivity contribution in [1.29, 1.82) is 0 Å². The molecule has 0 aromatic heterocycles. The van der Waals surface area contributed by atoms with Gasteiger partial charge in [0, 0.05) is 72.0 Å². The van der Waals surface area contributed by atoms with Crippen molar-refractivity contribution in [3.05, 3.63) is 83.6 Å². The number of methoxy groups -OCH3 is 1. The molecule has 4 aromatic rings. The zero-order chi connectivity index (χ0) is 54.4. The average Bonchev–Trinajstić information content (AvgIpc) is 3.68. The molecule has 0 aliphatic carbocycles. The van der Waals surface area contributed by atoms with Gasteiger partial charge in [-0.2, -0.15) is 38.2 Å². The van der Waals surface area contributed by atoms with Gasteiger partial charge in [0.2, 0.25) is 5.69 Å². The van der Waals surface area contributed by atoms with E-state index in [-0.39, 0.29) is 60.8 Å². The van der Waals surface area contributed by atoms with E-state index in [2.05, 4.69) is 0 Å². The van der Waals surface area contributed by atoms with Crippen LogP contribution in [0.15, 0.2) is 92.0 Å². The van der Waals surface area contributed by atoms with E-state index in [1.165, 1.54) is 12.1 Å². The molecule has 0 saturated heterocycles. The van der Waals surface area contributed by atoms with E-state index in [1.54, 1.807) is 25.3 Å². The molecule has 0 fully saturated rings. The molecule has 1 atom stereocenters. The Morgan fingerprint density at radius 2 is 1.14 bits per heavy atom. The molecule has 406 valence electrons. The highest BCUT2D eigenvalue weighted by atomic mass is 32.2. The molecule has 4 aromatic carbocycles. The van der Waals surface area contributed by atoms with Crippen LogP contribution >= 0.6 is 0 Å². The first kappa shape index (κ1) is 58.5. The van der Waals surface area contributed by atoms with Crippen LogP contribution in [0.25, 0.3) is 21.5 Å². The Hall–Kier alpha value is -4.74. The number of ether oxygens (including phenoxy) is 5. The standard InChI is InChI=1S/C49H62N2O19S4/c1-6-50-39-16-14-35-37(29-33(71(54,55)56)31-41(35)73(60,61)62)46(39)48(2,3)43(50)11-10-12-44-49(4,18-20-67-23-24-69-27-28-70-26-25-68-22-21-66-5)47-38-30-34(72(57,58)59)32-42(74(63,64)65)36(38)15-17-40(47)51(44)19-9-7-8-13-45(52)53/h10-12,14-17,29-32H,6-9,13,18-28H2,1-5H3,(H4-,52,53,54,55,56,57,58,59,60,61,62,63,64,65)/p+1. The first-order chi connectivity index (χ1) is 34.7. The monoisotopic (exact) mass is 1110 g/mol. The smallest absolute Gasteiger partial charge is 0.303 e. The predicted molar refractivity (Wildman–Crippen MR) is 273 cm³/mol. The Labute approximate surface area is 431 Å². The van der Waals surface area contributed by atoms with E-state index < -0.39 is 76.9 Å². The van der Waals surface area contributed by atoms with Crippen LogP contribution < -0.4 is 4.90 Å². The lowest BCUT2D eigenvalue weighted by molar-refractivity contribution is -0.433. The van der Waals surface area contributed by atoms with Crippen molar-refractivity contribution in [2.24, 2.45) is 0 Å². The fraction of sp³-hybridized carbons (Fsp3) is 0.469. The summed E-state index contributed by atoms with van der Waals surface area (Å²) < 4.78 is 172. The van der Waals surface area contributed by atoms with Crippen LogP contribution in [0.2, 0.25) is 0 Å². The summed E-state index contributed by atoms with van der Waals surface area (Å²) in [5, 5.41) is 9.60. The molecule has 0 amide bonds. The maximum atomic E-state index is 12.9. The second-order valence-electron chi connectivity index (χ2n) is 18.4.